The number of rotatable bonds is 6. The molecular formula is C14H26N2O3. The molecule has 1 heterocycles. The molecule has 110 valence electrons. The summed E-state index contributed by atoms with van der Waals surface area (Å²) in [5.74, 6) is -1.21. The Kier molecular flexibility index (Phi) is 6.67. The fourth-order valence-electron chi connectivity index (χ4n) is 2.44. The van der Waals surface area contributed by atoms with Crippen molar-refractivity contribution in [2.45, 2.75) is 58.4 Å². The zero-order chi connectivity index (χ0) is 14.3. The Labute approximate surface area is 115 Å². The number of carboxylic acid groups (broad SMARTS) is 1. The molecule has 1 fully saturated rings. The smallest absolute Gasteiger partial charge is 0.317 e. The van der Waals surface area contributed by atoms with Crippen LogP contribution in [0.5, 0.6) is 0 Å². The summed E-state index contributed by atoms with van der Waals surface area (Å²) in [6.07, 6.45) is 5.91. The van der Waals surface area contributed by atoms with Crippen LogP contribution in [-0.2, 0) is 4.79 Å². The predicted octanol–water partition coefficient (Wildman–Crippen LogP) is 2.46. The molecule has 0 aromatic carbocycles. The molecule has 0 spiro atoms. The summed E-state index contributed by atoms with van der Waals surface area (Å²) in [5.41, 5.74) is 0. The number of unbranched alkanes of at least 4 members (excludes halogenated alkanes) is 2. The molecule has 1 saturated heterocycles. The number of carbonyl (C=O) groups is 2. The van der Waals surface area contributed by atoms with Gasteiger partial charge in [0.2, 0.25) is 0 Å². The first-order valence-corrected chi connectivity index (χ1v) is 7.32. The molecule has 19 heavy (non-hydrogen) atoms. The minimum absolute atomic E-state index is 0.116. The van der Waals surface area contributed by atoms with E-state index in [9.17, 15) is 9.59 Å². The topological polar surface area (TPSA) is 69.6 Å². The number of carbonyl (C=O) groups excluding carboxylic acids is 1. The minimum atomic E-state index is -0.798. The van der Waals surface area contributed by atoms with Gasteiger partial charge in [0.25, 0.3) is 0 Å². The molecule has 0 aromatic rings. The van der Waals surface area contributed by atoms with E-state index in [0.29, 0.717) is 19.5 Å². The maximum absolute atomic E-state index is 12.0. The fourth-order valence-corrected chi connectivity index (χ4v) is 2.44. The molecule has 1 aliphatic heterocycles. The molecule has 2 atom stereocenters. The Morgan fingerprint density at radius 2 is 2.16 bits per heavy atom. The zero-order valence-corrected chi connectivity index (χ0v) is 12.0. The number of nitrogens with one attached hydrogen (secondary N) is 1. The van der Waals surface area contributed by atoms with Crippen molar-refractivity contribution in [1.29, 1.82) is 0 Å². The van der Waals surface area contributed by atoms with Crippen molar-refractivity contribution < 1.29 is 14.7 Å². The normalized spacial score (nSPS) is 20.9. The Balaban J connectivity index is 2.33. The quantitative estimate of drug-likeness (QED) is 0.728. The lowest BCUT2D eigenvalue weighted by molar-refractivity contribution is -0.143. The molecule has 0 bridgehead atoms. The van der Waals surface area contributed by atoms with E-state index in [1.807, 2.05) is 6.92 Å². The van der Waals surface area contributed by atoms with Gasteiger partial charge in [-0.3, -0.25) is 4.79 Å². The van der Waals surface area contributed by atoms with E-state index < -0.39 is 11.9 Å². The first kappa shape index (κ1) is 15.8. The summed E-state index contributed by atoms with van der Waals surface area (Å²) in [5, 5.41) is 12.0. The van der Waals surface area contributed by atoms with Crippen molar-refractivity contribution in [3.63, 3.8) is 0 Å². The standard InChI is InChI=1S/C14H26N2O3/c1-3-4-5-7-11(2)15-14(19)16-9-6-8-12(10-16)13(17)18/h11-12H,3-10H2,1-2H3,(H,15,19)(H,17,18)/t11?,12-/m1/s1. The largest absolute Gasteiger partial charge is 0.481 e. The van der Waals surface area contributed by atoms with Crippen molar-refractivity contribution >= 4 is 12.0 Å². The highest BCUT2D eigenvalue weighted by molar-refractivity contribution is 5.76. The molecule has 2 amide bonds. The Morgan fingerprint density at radius 1 is 1.42 bits per heavy atom. The SMILES string of the molecule is CCCCCC(C)NC(=O)N1CCC[C@@H](C(=O)O)C1. The van der Waals surface area contributed by atoms with Gasteiger partial charge in [0.15, 0.2) is 0 Å². The molecule has 2 N–H and O–H groups in total. The molecule has 0 radical (unpaired) electrons. The van der Waals surface area contributed by atoms with Crippen LogP contribution in [0.3, 0.4) is 0 Å². The highest BCUT2D eigenvalue weighted by Gasteiger charge is 2.28. The third-order valence-corrected chi connectivity index (χ3v) is 3.67. The van der Waals surface area contributed by atoms with Crippen molar-refractivity contribution in [2.24, 2.45) is 5.92 Å². The van der Waals surface area contributed by atoms with Gasteiger partial charge in [0.05, 0.1) is 5.92 Å². The van der Waals surface area contributed by atoms with Gasteiger partial charge in [-0.15, -0.1) is 0 Å². The van der Waals surface area contributed by atoms with Gasteiger partial charge < -0.3 is 15.3 Å². The van der Waals surface area contributed by atoms with Crippen LogP contribution in [0.25, 0.3) is 0 Å². The molecule has 5 heteroatoms. The number of piperidine rings is 1. The number of amides is 2. The van der Waals surface area contributed by atoms with Crippen LogP contribution < -0.4 is 5.32 Å². The molecule has 1 aliphatic rings. The number of urea groups is 1. The second-order valence-corrected chi connectivity index (χ2v) is 5.47. The van der Waals surface area contributed by atoms with Gasteiger partial charge in [0.1, 0.15) is 0 Å². The number of carboxylic acids is 1. The third-order valence-electron chi connectivity index (χ3n) is 3.67. The van der Waals surface area contributed by atoms with Crippen molar-refractivity contribution in [3.8, 4) is 0 Å². The monoisotopic (exact) mass is 270 g/mol. The van der Waals surface area contributed by atoms with E-state index in [-0.39, 0.29) is 12.1 Å². The van der Waals surface area contributed by atoms with Crippen LogP contribution in [0.15, 0.2) is 0 Å². The number of likely N-dealkylation sites (tertiary alicyclic amines) is 1. The van der Waals surface area contributed by atoms with E-state index >= 15 is 0 Å². The van der Waals surface area contributed by atoms with E-state index in [4.69, 9.17) is 5.11 Å². The van der Waals surface area contributed by atoms with E-state index in [1.54, 1.807) is 4.90 Å². The number of nitrogens with zero attached hydrogens (tertiary/aromatic N) is 1. The molecule has 1 rings (SSSR count). The van der Waals surface area contributed by atoms with Crippen LogP contribution in [0, 0.1) is 5.92 Å². The van der Waals surface area contributed by atoms with E-state index in [2.05, 4.69) is 12.2 Å². The summed E-state index contributed by atoms with van der Waals surface area (Å²) in [6, 6.07) is 0.0409. The summed E-state index contributed by atoms with van der Waals surface area (Å²) in [7, 11) is 0. The fraction of sp³-hybridized carbons (Fsp3) is 0.857. The maximum atomic E-state index is 12.0. The van der Waals surface area contributed by atoms with E-state index in [1.165, 1.54) is 12.8 Å². The summed E-state index contributed by atoms with van der Waals surface area (Å²) in [6.45, 7) is 5.16. The van der Waals surface area contributed by atoms with Crippen molar-refractivity contribution in [1.82, 2.24) is 10.2 Å². The van der Waals surface area contributed by atoms with Gasteiger partial charge in [-0.2, -0.15) is 0 Å². The number of hydrogen-bond donors (Lipinski definition) is 2. The first-order chi connectivity index (χ1) is 9.04. The highest BCUT2D eigenvalue weighted by atomic mass is 16.4. The predicted molar refractivity (Wildman–Crippen MR) is 74.1 cm³/mol. The second-order valence-electron chi connectivity index (χ2n) is 5.47. The van der Waals surface area contributed by atoms with Gasteiger partial charge in [-0.05, 0) is 26.2 Å². The van der Waals surface area contributed by atoms with Crippen molar-refractivity contribution in [3.05, 3.63) is 0 Å². The van der Waals surface area contributed by atoms with Crippen LogP contribution in [0.4, 0.5) is 4.79 Å². The summed E-state index contributed by atoms with van der Waals surface area (Å²) in [4.78, 5) is 24.6. The first-order valence-electron chi connectivity index (χ1n) is 7.32. The molecule has 5 nitrogen and oxygen atoms in total. The Bertz CT molecular complexity index is 307. The highest BCUT2D eigenvalue weighted by Crippen LogP contribution is 2.16. The third kappa shape index (κ3) is 5.49. The minimum Gasteiger partial charge on any atom is -0.481 e. The Hall–Kier alpha value is -1.26. The van der Waals surface area contributed by atoms with Gasteiger partial charge in [0, 0.05) is 19.1 Å². The van der Waals surface area contributed by atoms with Gasteiger partial charge in [-0.1, -0.05) is 26.2 Å². The van der Waals surface area contributed by atoms with E-state index in [0.717, 1.165) is 19.3 Å². The van der Waals surface area contributed by atoms with Crippen LogP contribution >= 0.6 is 0 Å². The molecule has 0 aromatic heterocycles. The lowest BCUT2D eigenvalue weighted by Crippen LogP contribution is -2.49. The van der Waals surface area contributed by atoms with Crippen LogP contribution in [0.1, 0.15) is 52.4 Å². The lowest BCUT2D eigenvalue weighted by atomic mass is 9.99. The summed E-state index contributed by atoms with van der Waals surface area (Å²) >= 11 is 0. The molecular weight excluding hydrogens is 244 g/mol. The van der Waals surface area contributed by atoms with Crippen molar-refractivity contribution in [2.75, 3.05) is 13.1 Å². The number of aliphatic carboxylic acids is 1. The molecule has 0 aliphatic carbocycles. The Morgan fingerprint density at radius 3 is 2.79 bits per heavy atom. The van der Waals surface area contributed by atoms with Gasteiger partial charge in [-0.25, -0.2) is 4.79 Å². The van der Waals surface area contributed by atoms with Gasteiger partial charge >= 0.3 is 12.0 Å². The number of hydrogen-bond acceptors (Lipinski definition) is 2. The van der Waals surface area contributed by atoms with Crippen LogP contribution in [0.2, 0.25) is 0 Å². The molecule has 0 saturated carbocycles. The zero-order valence-electron chi connectivity index (χ0n) is 12.0. The van der Waals surface area contributed by atoms with Crippen LogP contribution in [-0.4, -0.2) is 41.1 Å². The summed E-state index contributed by atoms with van der Waals surface area (Å²) < 4.78 is 0. The molecule has 1 unspecified atom stereocenters. The maximum Gasteiger partial charge on any atom is 0.317 e. The average molecular weight is 270 g/mol. The average Bonchev–Trinajstić information content (AvgIpc) is 2.39. The second kappa shape index (κ2) is 8.02. The lowest BCUT2D eigenvalue weighted by Gasteiger charge is -2.31.